The third-order valence-corrected chi connectivity index (χ3v) is 3.41. The van der Waals surface area contributed by atoms with Crippen LogP contribution in [0.3, 0.4) is 0 Å². The smallest absolute Gasteiger partial charge is 0.223 e. The summed E-state index contributed by atoms with van der Waals surface area (Å²) in [7, 11) is 0. The number of hydrogen-bond acceptors (Lipinski definition) is 3. The molecule has 0 bridgehead atoms. The number of nitrogens with one attached hydrogen (secondary N) is 1. The average Bonchev–Trinajstić information content (AvgIpc) is 2.28. The molecule has 0 aromatic heterocycles. The van der Waals surface area contributed by atoms with Gasteiger partial charge in [0.05, 0.1) is 12.1 Å². The van der Waals surface area contributed by atoms with Crippen LogP contribution < -0.4 is 11.1 Å². The van der Waals surface area contributed by atoms with Gasteiger partial charge in [0.25, 0.3) is 0 Å². The van der Waals surface area contributed by atoms with Gasteiger partial charge in [-0.3, -0.25) is 4.79 Å². The number of hydrogen-bond donors (Lipinski definition) is 3. The second-order valence-corrected chi connectivity index (χ2v) is 5.48. The van der Waals surface area contributed by atoms with Crippen LogP contribution >= 0.6 is 0 Å². The Morgan fingerprint density at radius 3 is 2.38 bits per heavy atom. The summed E-state index contributed by atoms with van der Waals surface area (Å²) in [4.78, 5) is 11.9. The molecule has 1 amide bonds. The number of amides is 1. The summed E-state index contributed by atoms with van der Waals surface area (Å²) >= 11 is 0. The lowest BCUT2D eigenvalue weighted by Crippen LogP contribution is -2.49. The van der Waals surface area contributed by atoms with Crippen LogP contribution in [0.1, 0.15) is 39.5 Å². The van der Waals surface area contributed by atoms with Crippen LogP contribution in [-0.4, -0.2) is 29.7 Å². The Kier molecular flexibility index (Phi) is 4.74. The highest BCUT2D eigenvalue weighted by Crippen LogP contribution is 2.28. The fourth-order valence-electron chi connectivity index (χ4n) is 2.14. The molecule has 0 radical (unpaired) electrons. The zero-order valence-electron chi connectivity index (χ0n) is 10.3. The molecule has 0 spiro atoms. The van der Waals surface area contributed by atoms with Crippen molar-refractivity contribution in [2.24, 2.45) is 17.6 Å². The predicted molar refractivity (Wildman–Crippen MR) is 63.8 cm³/mol. The van der Waals surface area contributed by atoms with Gasteiger partial charge in [-0.2, -0.15) is 0 Å². The van der Waals surface area contributed by atoms with Crippen molar-refractivity contribution in [2.75, 3.05) is 13.2 Å². The van der Waals surface area contributed by atoms with Crippen LogP contribution in [0.25, 0.3) is 0 Å². The van der Waals surface area contributed by atoms with Crippen molar-refractivity contribution < 1.29 is 9.90 Å². The molecule has 1 fully saturated rings. The number of carbonyl (C=O) groups excluding carboxylic acids is 1. The summed E-state index contributed by atoms with van der Waals surface area (Å²) in [6, 6.07) is 0. The summed E-state index contributed by atoms with van der Waals surface area (Å²) in [5, 5.41) is 12.0. The number of aliphatic hydroxyl groups is 1. The zero-order valence-corrected chi connectivity index (χ0v) is 10.3. The first-order valence-corrected chi connectivity index (χ1v) is 6.11. The SMILES string of the molecule is CC(C)(CO)NC(=O)C1CCC(CN)CC1. The van der Waals surface area contributed by atoms with Gasteiger partial charge >= 0.3 is 0 Å². The van der Waals surface area contributed by atoms with Gasteiger partial charge < -0.3 is 16.2 Å². The number of nitrogens with two attached hydrogens (primary N) is 1. The molecule has 16 heavy (non-hydrogen) atoms. The highest BCUT2D eigenvalue weighted by molar-refractivity contribution is 5.79. The fourth-order valence-corrected chi connectivity index (χ4v) is 2.14. The molecule has 0 heterocycles. The van der Waals surface area contributed by atoms with Gasteiger partial charge in [0.1, 0.15) is 0 Å². The summed E-state index contributed by atoms with van der Waals surface area (Å²) < 4.78 is 0. The molecule has 4 heteroatoms. The Bertz CT molecular complexity index is 233. The van der Waals surface area contributed by atoms with Gasteiger partial charge in [-0.15, -0.1) is 0 Å². The van der Waals surface area contributed by atoms with Crippen LogP contribution in [0.15, 0.2) is 0 Å². The van der Waals surface area contributed by atoms with Crippen molar-refractivity contribution in [2.45, 2.75) is 45.1 Å². The van der Waals surface area contributed by atoms with Gasteiger partial charge in [-0.05, 0) is 52.0 Å². The Labute approximate surface area is 97.6 Å². The van der Waals surface area contributed by atoms with Gasteiger partial charge in [0.2, 0.25) is 5.91 Å². The Morgan fingerprint density at radius 1 is 1.38 bits per heavy atom. The van der Waals surface area contributed by atoms with E-state index in [1.807, 2.05) is 13.8 Å². The lowest BCUT2D eigenvalue weighted by Gasteiger charge is -2.30. The van der Waals surface area contributed by atoms with Crippen molar-refractivity contribution in [3.8, 4) is 0 Å². The van der Waals surface area contributed by atoms with E-state index in [9.17, 15) is 4.79 Å². The minimum Gasteiger partial charge on any atom is -0.394 e. The normalized spacial score (nSPS) is 26.5. The molecule has 1 aliphatic carbocycles. The van der Waals surface area contributed by atoms with Crippen molar-refractivity contribution in [1.29, 1.82) is 0 Å². The maximum atomic E-state index is 11.9. The van der Waals surface area contributed by atoms with E-state index in [4.69, 9.17) is 10.8 Å². The van der Waals surface area contributed by atoms with Crippen LogP contribution in [0.4, 0.5) is 0 Å². The van der Waals surface area contributed by atoms with E-state index in [-0.39, 0.29) is 18.4 Å². The maximum Gasteiger partial charge on any atom is 0.223 e. The monoisotopic (exact) mass is 228 g/mol. The van der Waals surface area contributed by atoms with Crippen LogP contribution in [0.5, 0.6) is 0 Å². The zero-order chi connectivity index (χ0) is 12.2. The lowest BCUT2D eigenvalue weighted by molar-refractivity contribution is -0.128. The molecule has 0 atom stereocenters. The summed E-state index contributed by atoms with van der Waals surface area (Å²) in [6.45, 7) is 4.36. The number of carbonyl (C=O) groups is 1. The molecule has 4 nitrogen and oxygen atoms in total. The maximum absolute atomic E-state index is 11.9. The molecule has 0 aliphatic heterocycles. The van der Waals surface area contributed by atoms with Crippen molar-refractivity contribution in [3.63, 3.8) is 0 Å². The number of rotatable bonds is 4. The molecule has 0 aromatic rings. The molecule has 0 aromatic carbocycles. The second-order valence-electron chi connectivity index (χ2n) is 5.48. The second kappa shape index (κ2) is 5.64. The summed E-state index contributed by atoms with van der Waals surface area (Å²) in [5.74, 6) is 0.776. The minimum absolute atomic E-state index is 0.0309. The Balaban J connectivity index is 2.39. The molecule has 1 saturated carbocycles. The fraction of sp³-hybridized carbons (Fsp3) is 0.917. The van der Waals surface area contributed by atoms with E-state index >= 15 is 0 Å². The highest BCUT2D eigenvalue weighted by atomic mass is 16.3. The van der Waals surface area contributed by atoms with Crippen molar-refractivity contribution in [3.05, 3.63) is 0 Å². The molecular formula is C12H24N2O2. The van der Waals surface area contributed by atoms with Crippen molar-refractivity contribution >= 4 is 5.91 Å². The van der Waals surface area contributed by atoms with Gasteiger partial charge in [-0.25, -0.2) is 0 Å². The summed E-state index contributed by atoms with van der Waals surface area (Å²) in [6.07, 6.45) is 3.95. The summed E-state index contributed by atoms with van der Waals surface area (Å²) in [5.41, 5.74) is 5.10. The highest BCUT2D eigenvalue weighted by Gasteiger charge is 2.28. The average molecular weight is 228 g/mol. The van der Waals surface area contributed by atoms with Gasteiger partial charge in [-0.1, -0.05) is 0 Å². The first kappa shape index (κ1) is 13.5. The third kappa shape index (κ3) is 3.76. The quantitative estimate of drug-likeness (QED) is 0.661. The largest absolute Gasteiger partial charge is 0.394 e. The van der Waals surface area contributed by atoms with E-state index in [1.54, 1.807) is 0 Å². The molecule has 1 aliphatic rings. The molecule has 0 saturated heterocycles. The molecule has 1 rings (SSSR count). The Morgan fingerprint density at radius 2 is 1.94 bits per heavy atom. The standard InChI is InChI=1S/C12H24N2O2/c1-12(2,8-15)14-11(16)10-5-3-9(7-13)4-6-10/h9-10,15H,3-8,13H2,1-2H3,(H,14,16). The molecule has 0 unspecified atom stereocenters. The molecular weight excluding hydrogens is 204 g/mol. The van der Waals surface area contributed by atoms with Crippen LogP contribution in [0.2, 0.25) is 0 Å². The third-order valence-electron chi connectivity index (χ3n) is 3.41. The minimum atomic E-state index is -0.512. The van der Waals surface area contributed by atoms with Crippen molar-refractivity contribution in [1.82, 2.24) is 5.32 Å². The molecule has 4 N–H and O–H groups in total. The predicted octanol–water partition coefficient (Wildman–Crippen LogP) is 0.639. The van der Waals surface area contributed by atoms with E-state index in [1.165, 1.54) is 0 Å². The van der Waals surface area contributed by atoms with Crippen LogP contribution in [0, 0.1) is 11.8 Å². The van der Waals surface area contributed by atoms with E-state index < -0.39 is 5.54 Å². The van der Waals surface area contributed by atoms with E-state index in [2.05, 4.69) is 5.32 Å². The lowest BCUT2D eigenvalue weighted by atomic mass is 9.81. The van der Waals surface area contributed by atoms with Gasteiger partial charge in [0, 0.05) is 5.92 Å². The Hall–Kier alpha value is -0.610. The molecule has 94 valence electrons. The van der Waals surface area contributed by atoms with E-state index in [0.29, 0.717) is 5.92 Å². The first-order chi connectivity index (χ1) is 7.48. The van der Waals surface area contributed by atoms with Crippen LogP contribution in [-0.2, 0) is 4.79 Å². The topological polar surface area (TPSA) is 75.3 Å². The van der Waals surface area contributed by atoms with Gasteiger partial charge in [0.15, 0.2) is 0 Å². The first-order valence-electron chi connectivity index (χ1n) is 6.11. The van der Waals surface area contributed by atoms with E-state index in [0.717, 1.165) is 32.2 Å². The number of aliphatic hydroxyl groups excluding tert-OH is 1.